The summed E-state index contributed by atoms with van der Waals surface area (Å²) in [5.41, 5.74) is 12.9. The van der Waals surface area contributed by atoms with E-state index in [1.807, 2.05) is 24.4 Å². The van der Waals surface area contributed by atoms with Crippen LogP contribution in [0.1, 0.15) is 30.4 Å². The lowest BCUT2D eigenvalue weighted by molar-refractivity contribution is -0.134. The van der Waals surface area contributed by atoms with E-state index in [-0.39, 0.29) is 11.9 Å². The van der Waals surface area contributed by atoms with Crippen molar-refractivity contribution in [2.45, 2.75) is 31.9 Å². The molecule has 1 fully saturated rings. The summed E-state index contributed by atoms with van der Waals surface area (Å²) in [6, 6.07) is 19.0. The first-order valence-electron chi connectivity index (χ1n) is 12.3. The number of ether oxygens (including phenoxy) is 1. The van der Waals surface area contributed by atoms with Crippen LogP contribution in [0.15, 0.2) is 65.7 Å². The number of amides is 2. The van der Waals surface area contributed by atoms with Gasteiger partial charge in [0.1, 0.15) is 17.7 Å². The largest absolute Gasteiger partial charge is 0.490 e. The van der Waals surface area contributed by atoms with Gasteiger partial charge in [-0.25, -0.2) is 0 Å². The van der Waals surface area contributed by atoms with Crippen LogP contribution >= 0.6 is 0 Å². The first-order valence-corrected chi connectivity index (χ1v) is 12.3. The number of carbonyl (C=O) groups is 2. The van der Waals surface area contributed by atoms with E-state index in [4.69, 9.17) is 21.6 Å². The fraction of sp³-hybridized carbons (Fsp3) is 0.286. The van der Waals surface area contributed by atoms with Crippen LogP contribution in [0.2, 0.25) is 0 Å². The Morgan fingerprint density at radius 3 is 2.46 bits per heavy atom. The number of benzene rings is 3. The van der Waals surface area contributed by atoms with E-state index in [0.717, 1.165) is 66.5 Å². The van der Waals surface area contributed by atoms with E-state index in [0.29, 0.717) is 12.2 Å². The molecule has 0 spiro atoms. The van der Waals surface area contributed by atoms with Crippen molar-refractivity contribution in [2.75, 3.05) is 25.0 Å². The number of piperidine rings is 1. The van der Waals surface area contributed by atoms with Gasteiger partial charge in [0, 0.05) is 37.1 Å². The van der Waals surface area contributed by atoms with Crippen molar-refractivity contribution in [3.8, 4) is 5.75 Å². The van der Waals surface area contributed by atoms with Gasteiger partial charge in [0.25, 0.3) is 0 Å². The second-order valence-electron chi connectivity index (χ2n) is 9.12. The average Bonchev–Trinajstić information content (AvgIpc) is 2.90. The predicted molar refractivity (Wildman–Crippen MR) is 146 cm³/mol. The number of hydrogen-bond acceptors (Lipinski definition) is 6. The minimum absolute atomic E-state index is 0.0737. The smallest absolute Gasteiger partial charge is 0.313 e. The quantitative estimate of drug-likeness (QED) is 0.203. The van der Waals surface area contributed by atoms with Crippen LogP contribution in [0, 0.1) is 5.41 Å². The third-order valence-corrected chi connectivity index (χ3v) is 6.37. The summed E-state index contributed by atoms with van der Waals surface area (Å²) >= 11 is 0. The molecule has 4 rings (SSSR count). The number of anilines is 1. The maximum Gasteiger partial charge on any atom is 0.313 e. The molecular formula is C28H32N6O3. The summed E-state index contributed by atoms with van der Waals surface area (Å²) < 4.78 is 6.08. The maximum atomic E-state index is 11.4. The third-order valence-electron chi connectivity index (χ3n) is 6.37. The van der Waals surface area contributed by atoms with Gasteiger partial charge in [0.15, 0.2) is 0 Å². The molecule has 1 aliphatic heterocycles. The van der Waals surface area contributed by atoms with E-state index >= 15 is 0 Å². The van der Waals surface area contributed by atoms with Gasteiger partial charge in [-0.1, -0.05) is 24.3 Å². The molecule has 0 bridgehead atoms. The zero-order valence-electron chi connectivity index (χ0n) is 20.7. The van der Waals surface area contributed by atoms with Crippen molar-refractivity contribution in [2.24, 2.45) is 16.5 Å². The molecule has 0 unspecified atom stereocenters. The van der Waals surface area contributed by atoms with Gasteiger partial charge in [-0.05, 0) is 72.0 Å². The molecule has 1 heterocycles. The number of nitrogens with two attached hydrogens (primary N) is 2. The highest BCUT2D eigenvalue weighted by molar-refractivity contribution is 6.39. The average molecular weight is 501 g/mol. The maximum absolute atomic E-state index is 11.4. The van der Waals surface area contributed by atoms with E-state index in [1.54, 1.807) is 24.3 Å². The Kier molecular flexibility index (Phi) is 8.48. The molecule has 0 radical (unpaired) electrons. The minimum atomic E-state index is -1.02. The summed E-state index contributed by atoms with van der Waals surface area (Å²) in [5.74, 6) is -1.06. The normalized spacial score (nSPS) is 14.6. The van der Waals surface area contributed by atoms with Crippen molar-refractivity contribution in [3.05, 3.63) is 71.8 Å². The van der Waals surface area contributed by atoms with Gasteiger partial charge in [-0.15, -0.1) is 0 Å². The molecule has 3 aromatic rings. The number of rotatable bonds is 9. The molecule has 37 heavy (non-hydrogen) atoms. The van der Waals surface area contributed by atoms with E-state index in [2.05, 4.69) is 33.4 Å². The number of hydrogen-bond donors (Lipinski definition) is 4. The number of nitrogen functional groups attached to an aromatic ring is 1. The van der Waals surface area contributed by atoms with E-state index < -0.39 is 11.8 Å². The third kappa shape index (κ3) is 7.37. The molecule has 0 atom stereocenters. The van der Waals surface area contributed by atoms with Crippen molar-refractivity contribution < 1.29 is 14.3 Å². The highest BCUT2D eigenvalue weighted by Crippen LogP contribution is 2.22. The zero-order valence-corrected chi connectivity index (χ0v) is 20.7. The first kappa shape index (κ1) is 25.8. The summed E-state index contributed by atoms with van der Waals surface area (Å²) in [6.07, 6.45) is 4.92. The Morgan fingerprint density at radius 1 is 1.03 bits per heavy atom. The zero-order chi connectivity index (χ0) is 26.2. The standard InChI is InChI=1S/C28H32N6O3/c29-26(30)21-5-4-20-3-2-19(16-22(20)17-21)18-32-12-1-13-34-14-10-25(11-15-34)37-24-8-6-23(7-9-24)33-28(36)27(31)35/h2-9,12,16-17,25H,1,10-11,13-15,18H2,(H3,29,30)(H2,31,35)(H,33,36). The second kappa shape index (κ2) is 12.1. The topological polar surface area (TPSA) is 147 Å². The van der Waals surface area contributed by atoms with Crippen molar-refractivity contribution in [3.63, 3.8) is 0 Å². The van der Waals surface area contributed by atoms with Gasteiger partial charge in [-0.3, -0.25) is 20.0 Å². The number of likely N-dealkylation sites (tertiary alicyclic amines) is 1. The lowest BCUT2D eigenvalue weighted by atomic mass is 10.0. The van der Waals surface area contributed by atoms with Gasteiger partial charge in [0.05, 0.1) is 6.54 Å². The van der Waals surface area contributed by atoms with E-state index in [1.165, 1.54) is 0 Å². The molecule has 0 saturated carbocycles. The fourth-order valence-electron chi connectivity index (χ4n) is 4.32. The number of aliphatic imine (C=N–C) groups is 1. The number of carbonyl (C=O) groups excluding carboxylic acids is 2. The van der Waals surface area contributed by atoms with Crippen LogP contribution in [-0.4, -0.2) is 54.5 Å². The molecule has 1 aliphatic rings. The molecule has 2 amide bonds. The van der Waals surface area contributed by atoms with Crippen molar-refractivity contribution in [1.82, 2.24) is 4.90 Å². The van der Waals surface area contributed by atoms with Crippen molar-refractivity contribution in [1.29, 1.82) is 5.41 Å². The molecule has 3 aromatic carbocycles. The highest BCUT2D eigenvalue weighted by Gasteiger charge is 2.20. The molecule has 0 aliphatic carbocycles. The molecule has 192 valence electrons. The van der Waals surface area contributed by atoms with Gasteiger partial charge in [0.2, 0.25) is 0 Å². The SMILES string of the molecule is N=C(N)c1ccc2ccc(CN=CCCN3CCC(Oc4ccc(NC(=O)C(N)=O)cc4)CC3)cc2c1. The van der Waals surface area contributed by atoms with Crippen LogP contribution in [0.25, 0.3) is 10.8 Å². The number of fused-ring (bicyclic) bond motifs is 1. The number of amidine groups is 1. The lowest BCUT2D eigenvalue weighted by Gasteiger charge is -2.31. The summed E-state index contributed by atoms with van der Waals surface area (Å²) in [4.78, 5) is 29.2. The number of nitrogens with zero attached hydrogens (tertiary/aromatic N) is 2. The van der Waals surface area contributed by atoms with Gasteiger partial charge >= 0.3 is 11.8 Å². The van der Waals surface area contributed by atoms with Crippen LogP contribution in [0.4, 0.5) is 5.69 Å². The molecule has 6 N–H and O–H groups in total. The summed E-state index contributed by atoms with van der Waals surface area (Å²) in [5, 5.41) is 12.2. The monoisotopic (exact) mass is 500 g/mol. The summed E-state index contributed by atoms with van der Waals surface area (Å²) in [6.45, 7) is 3.52. The van der Waals surface area contributed by atoms with Gasteiger partial charge in [-0.2, -0.15) is 0 Å². The summed E-state index contributed by atoms with van der Waals surface area (Å²) in [7, 11) is 0. The van der Waals surface area contributed by atoms with Crippen LogP contribution in [-0.2, 0) is 16.1 Å². The number of nitrogens with one attached hydrogen (secondary N) is 2. The Labute approximate surface area is 216 Å². The van der Waals surface area contributed by atoms with Crippen molar-refractivity contribution >= 4 is 40.3 Å². The number of primary amides is 1. The highest BCUT2D eigenvalue weighted by atomic mass is 16.5. The Bertz CT molecular complexity index is 1300. The molecule has 1 saturated heterocycles. The lowest BCUT2D eigenvalue weighted by Crippen LogP contribution is -2.38. The first-order chi connectivity index (χ1) is 17.9. The fourth-order valence-corrected chi connectivity index (χ4v) is 4.32. The Hall–Kier alpha value is -4.24. The van der Waals surface area contributed by atoms with Crippen LogP contribution in [0.3, 0.4) is 0 Å². The Morgan fingerprint density at radius 2 is 1.76 bits per heavy atom. The molecular weight excluding hydrogens is 468 g/mol. The van der Waals surface area contributed by atoms with Crippen LogP contribution < -0.4 is 21.5 Å². The van der Waals surface area contributed by atoms with E-state index in [9.17, 15) is 9.59 Å². The van der Waals surface area contributed by atoms with Gasteiger partial charge < -0.3 is 26.4 Å². The molecule has 9 heteroatoms. The predicted octanol–water partition coefficient (Wildman–Crippen LogP) is 3.05. The van der Waals surface area contributed by atoms with Crippen LogP contribution in [0.5, 0.6) is 5.75 Å². The molecule has 0 aromatic heterocycles. The second-order valence-corrected chi connectivity index (χ2v) is 9.12. The molecule has 9 nitrogen and oxygen atoms in total. The minimum Gasteiger partial charge on any atom is -0.490 e. The Balaban J connectivity index is 1.16.